The number of nitrogens with one attached hydrogen (secondary N) is 1. The molecule has 29 heavy (non-hydrogen) atoms. The van der Waals surface area contributed by atoms with Crippen LogP contribution in [0.4, 0.5) is 5.00 Å². The number of nitrogens with zero attached hydrogens (tertiary/aromatic N) is 2. The first kappa shape index (κ1) is 20.1. The Bertz CT molecular complexity index is 874. The zero-order valence-electron chi connectivity index (χ0n) is 17.0. The van der Waals surface area contributed by atoms with E-state index in [9.17, 15) is 9.59 Å². The lowest BCUT2D eigenvalue weighted by Gasteiger charge is -2.52. The van der Waals surface area contributed by atoms with E-state index in [0.29, 0.717) is 17.2 Å². The van der Waals surface area contributed by atoms with Crippen LogP contribution in [-0.2, 0) is 9.53 Å². The van der Waals surface area contributed by atoms with Gasteiger partial charge in [0.2, 0.25) is 0 Å². The largest absolute Gasteiger partial charge is 0.462 e. The van der Waals surface area contributed by atoms with E-state index in [4.69, 9.17) is 4.74 Å². The number of rotatable bonds is 6. The number of hydrogen-bond donors (Lipinski definition) is 1. The van der Waals surface area contributed by atoms with Crippen LogP contribution in [0.5, 0.6) is 0 Å². The first-order valence-electron chi connectivity index (χ1n) is 10.3. The van der Waals surface area contributed by atoms with Crippen molar-refractivity contribution in [2.24, 2.45) is 0 Å². The summed E-state index contributed by atoms with van der Waals surface area (Å²) in [6.45, 7) is 10.3. The average molecular weight is 415 g/mol. The molecule has 3 aliphatic rings. The molecular formula is C22H28N3O3S+. The lowest BCUT2D eigenvalue weighted by Crippen LogP contribution is -2.72. The Morgan fingerprint density at radius 3 is 2.45 bits per heavy atom. The SMILES string of the molecule is CCOC(=O)c1cc(-c2ccccc2)sc1NC(=O)[C@H](C)[N+]12CCN(CC1)CC2. The van der Waals surface area contributed by atoms with Gasteiger partial charge >= 0.3 is 5.97 Å². The van der Waals surface area contributed by atoms with Crippen molar-refractivity contribution in [2.45, 2.75) is 19.9 Å². The van der Waals surface area contributed by atoms with Gasteiger partial charge in [-0.05, 0) is 25.5 Å². The molecular weight excluding hydrogens is 386 g/mol. The van der Waals surface area contributed by atoms with Gasteiger partial charge in [0, 0.05) is 24.5 Å². The van der Waals surface area contributed by atoms with Crippen molar-refractivity contribution in [3.63, 3.8) is 0 Å². The van der Waals surface area contributed by atoms with Crippen LogP contribution in [-0.4, -0.2) is 73.2 Å². The highest BCUT2D eigenvalue weighted by Gasteiger charge is 2.45. The predicted molar refractivity (Wildman–Crippen MR) is 115 cm³/mol. The molecule has 3 saturated heterocycles. The number of carbonyl (C=O) groups is 2. The molecule has 4 heterocycles. The summed E-state index contributed by atoms with van der Waals surface area (Å²) in [7, 11) is 0. The summed E-state index contributed by atoms with van der Waals surface area (Å²) in [5.41, 5.74) is 1.45. The van der Waals surface area contributed by atoms with Gasteiger partial charge in [0.1, 0.15) is 5.00 Å². The van der Waals surface area contributed by atoms with Crippen LogP contribution in [0.3, 0.4) is 0 Å². The third kappa shape index (κ3) is 3.95. The number of esters is 1. The summed E-state index contributed by atoms with van der Waals surface area (Å²) in [6.07, 6.45) is 0. The molecule has 1 N–H and O–H groups in total. The number of ether oxygens (including phenoxy) is 1. The van der Waals surface area contributed by atoms with Gasteiger partial charge in [0.15, 0.2) is 6.04 Å². The van der Waals surface area contributed by atoms with Gasteiger partial charge < -0.3 is 14.5 Å². The van der Waals surface area contributed by atoms with Crippen LogP contribution >= 0.6 is 11.3 Å². The molecule has 2 aromatic rings. The summed E-state index contributed by atoms with van der Waals surface area (Å²) in [4.78, 5) is 29.1. The molecule has 0 aliphatic carbocycles. The lowest BCUT2D eigenvalue weighted by atomic mass is 10.1. The van der Waals surface area contributed by atoms with Gasteiger partial charge in [-0.2, -0.15) is 0 Å². The normalized spacial score (nSPS) is 24.1. The molecule has 1 aromatic carbocycles. The Morgan fingerprint density at radius 2 is 1.83 bits per heavy atom. The highest BCUT2D eigenvalue weighted by molar-refractivity contribution is 7.20. The third-order valence-corrected chi connectivity index (χ3v) is 7.41. The molecule has 7 heteroatoms. The maximum absolute atomic E-state index is 13.2. The van der Waals surface area contributed by atoms with E-state index < -0.39 is 5.97 Å². The minimum absolute atomic E-state index is 0.0210. The van der Waals surface area contributed by atoms with E-state index in [2.05, 4.69) is 10.2 Å². The van der Waals surface area contributed by atoms with E-state index >= 15 is 0 Å². The second-order valence-corrected chi connectivity index (χ2v) is 8.89. The van der Waals surface area contributed by atoms with E-state index in [1.54, 1.807) is 6.92 Å². The summed E-state index contributed by atoms with van der Waals surface area (Å²) in [5, 5.41) is 3.64. The summed E-state index contributed by atoms with van der Waals surface area (Å²) in [5.74, 6) is -0.417. The molecule has 154 valence electrons. The Kier molecular flexibility index (Phi) is 5.72. The third-order valence-electron chi connectivity index (χ3n) is 6.31. The monoisotopic (exact) mass is 414 g/mol. The number of anilines is 1. The van der Waals surface area contributed by atoms with Crippen LogP contribution < -0.4 is 5.32 Å². The molecule has 1 aromatic heterocycles. The standard InChI is InChI=1S/C22H27N3O3S/c1-3-28-22(27)18-15-19(17-7-5-4-6-8-17)29-21(18)23-20(26)16(2)25-12-9-24(10-13-25)11-14-25/h4-8,15-16H,3,9-14H2,1-2H3/p+1/t16-/m0/s1. The molecule has 5 rings (SSSR count). The summed E-state index contributed by atoms with van der Waals surface area (Å²) < 4.78 is 6.07. The number of fused-ring (bicyclic) bond motifs is 3. The zero-order valence-corrected chi connectivity index (χ0v) is 17.8. The molecule has 2 bridgehead atoms. The molecule has 3 fully saturated rings. The maximum Gasteiger partial charge on any atom is 0.341 e. The second kappa shape index (κ2) is 8.26. The molecule has 6 nitrogen and oxygen atoms in total. The van der Waals surface area contributed by atoms with Crippen molar-refractivity contribution >= 4 is 28.2 Å². The van der Waals surface area contributed by atoms with Crippen LogP contribution in [0.2, 0.25) is 0 Å². The predicted octanol–water partition coefficient (Wildman–Crippen LogP) is 3.06. The number of hydrogen-bond acceptors (Lipinski definition) is 5. The van der Waals surface area contributed by atoms with Crippen LogP contribution in [0.25, 0.3) is 10.4 Å². The van der Waals surface area contributed by atoms with Gasteiger partial charge in [-0.15, -0.1) is 11.3 Å². The van der Waals surface area contributed by atoms with Gasteiger partial charge in [-0.3, -0.25) is 9.69 Å². The van der Waals surface area contributed by atoms with Crippen molar-refractivity contribution in [2.75, 3.05) is 51.2 Å². The summed E-state index contributed by atoms with van der Waals surface area (Å²) >= 11 is 1.43. The minimum atomic E-state index is -0.396. The number of thiophene rings is 1. The minimum Gasteiger partial charge on any atom is -0.462 e. The molecule has 3 aliphatic heterocycles. The van der Waals surface area contributed by atoms with Gasteiger partial charge in [-0.25, -0.2) is 4.79 Å². The van der Waals surface area contributed by atoms with Gasteiger partial charge in [0.05, 0.1) is 31.8 Å². The first-order valence-corrected chi connectivity index (χ1v) is 11.1. The van der Waals surface area contributed by atoms with Crippen LogP contribution in [0.15, 0.2) is 36.4 Å². The zero-order chi connectivity index (χ0) is 20.4. The Morgan fingerprint density at radius 1 is 1.17 bits per heavy atom. The Labute approximate surface area is 175 Å². The molecule has 0 radical (unpaired) electrons. The maximum atomic E-state index is 13.2. The van der Waals surface area contributed by atoms with Crippen molar-refractivity contribution in [1.82, 2.24) is 4.90 Å². The summed E-state index contributed by atoms with van der Waals surface area (Å²) in [6, 6.07) is 11.6. The van der Waals surface area contributed by atoms with Crippen molar-refractivity contribution in [3.05, 3.63) is 42.0 Å². The first-order chi connectivity index (χ1) is 14.0. The fourth-order valence-corrected chi connectivity index (χ4v) is 5.38. The topological polar surface area (TPSA) is 58.6 Å². The lowest BCUT2D eigenvalue weighted by molar-refractivity contribution is -0.953. The molecule has 1 amide bonds. The van der Waals surface area contributed by atoms with Crippen LogP contribution in [0, 0.1) is 0 Å². The Hall–Kier alpha value is -2.22. The van der Waals surface area contributed by atoms with Crippen molar-refractivity contribution in [1.29, 1.82) is 0 Å². The van der Waals surface area contributed by atoms with Gasteiger partial charge in [-0.1, -0.05) is 30.3 Å². The van der Waals surface area contributed by atoms with E-state index in [-0.39, 0.29) is 11.9 Å². The van der Waals surface area contributed by atoms with E-state index in [1.165, 1.54) is 11.3 Å². The molecule has 0 saturated carbocycles. The molecule has 0 unspecified atom stereocenters. The fraction of sp³-hybridized carbons (Fsp3) is 0.455. The quantitative estimate of drug-likeness (QED) is 0.583. The highest BCUT2D eigenvalue weighted by Crippen LogP contribution is 2.36. The fourth-order valence-electron chi connectivity index (χ4n) is 4.33. The van der Waals surface area contributed by atoms with E-state index in [1.807, 2.05) is 43.3 Å². The highest BCUT2D eigenvalue weighted by atomic mass is 32.1. The number of carbonyl (C=O) groups excluding carboxylic acids is 2. The van der Waals surface area contributed by atoms with Crippen molar-refractivity contribution in [3.8, 4) is 10.4 Å². The number of quaternary nitrogens is 1. The number of benzene rings is 1. The molecule has 0 spiro atoms. The number of piperazine rings is 3. The van der Waals surface area contributed by atoms with Crippen LogP contribution in [0.1, 0.15) is 24.2 Å². The smallest absolute Gasteiger partial charge is 0.341 e. The van der Waals surface area contributed by atoms with E-state index in [0.717, 1.165) is 54.2 Å². The molecule has 1 atom stereocenters. The second-order valence-electron chi connectivity index (χ2n) is 7.84. The van der Waals surface area contributed by atoms with Gasteiger partial charge in [0.25, 0.3) is 5.91 Å². The van der Waals surface area contributed by atoms with Crippen molar-refractivity contribution < 1.29 is 18.8 Å². The number of amides is 1. The average Bonchev–Trinajstić information content (AvgIpc) is 3.19. The Balaban J connectivity index is 1.58.